The van der Waals surface area contributed by atoms with Crippen molar-refractivity contribution in [2.45, 2.75) is 6.18 Å². The molecule has 0 amide bonds. The quantitative estimate of drug-likeness (QED) is 0.538. The summed E-state index contributed by atoms with van der Waals surface area (Å²) in [6.07, 6.45) is -4.59. The molecule has 2 heterocycles. The topological polar surface area (TPSA) is 80.6 Å². The van der Waals surface area contributed by atoms with Crippen LogP contribution in [0.2, 0.25) is 21.1 Å². The lowest BCUT2D eigenvalue weighted by molar-refractivity contribution is -0.137. The maximum absolute atomic E-state index is 13.1. The van der Waals surface area contributed by atoms with E-state index in [1.54, 1.807) is 0 Å². The molecule has 0 atom stereocenters. The van der Waals surface area contributed by atoms with Crippen LogP contribution in [-0.4, -0.2) is 29.9 Å². The van der Waals surface area contributed by atoms with Crippen LogP contribution in [0.25, 0.3) is 0 Å². The Labute approximate surface area is 169 Å². The third kappa shape index (κ3) is 4.64. The number of anilines is 3. The van der Waals surface area contributed by atoms with Gasteiger partial charge in [0.05, 0.1) is 11.3 Å². The van der Waals surface area contributed by atoms with Crippen molar-refractivity contribution < 1.29 is 13.2 Å². The summed E-state index contributed by atoms with van der Waals surface area (Å²) in [6, 6.07) is 4.24. The molecule has 3 rings (SSSR count). The summed E-state index contributed by atoms with van der Waals surface area (Å²) < 4.78 is 39.3. The van der Waals surface area contributed by atoms with Gasteiger partial charge in [-0.3, -0.25) is 0 Å². The average molecular weight is 457 g/mol. The molecule has 0 saturated heterocycles. The number of hydrogen-bond donors (Lipinski definition) is 0. The lowest BCUT2D eigenvalue weighted by Gasteiger charge is -2.21. The molecular weight excluding hydrogens is 453 g/mol. The van der Waals surface area contributed by atoms with Gasteiger partial charge in [0.15, 0.2) is 0 Å². The smallest absolute Gasteiger partial charge is 0.246 e. The van der Waals surface area contributed by atoms with E-state index in [1.807, 2.05) is 0 Å². The molecule has 2 aromatic heterocycles. The van der Waals surface area contributed by atoms with E-state index < -0.39 is 11.7 Å². The first-order valence-electron chi connectivity index (χ1n) is 6.75. The van der Waals surface area contributed by atoms with Crippen molar-refractivity contribution in [2.24, 2.45) is 0 Å². The van der Waals surface area contributed by atoms with Gasteiger partial charge in [-0.1, -0.05) is 6.07 Å². The van der Waals surface area contributed by atoms with Crippen LogP contribution in [-0.2, 0) is 6.18 Å². The molecule has 140 valence electrons. The van der Waals surface area contributed by atoms with Gasteiger partial charge in [-0.15, -0.1) is 0 Å². The average Bonchev–Trinajstić information content (AvgIpc) is 2.53. The van der Waals surface area contributed by atoms with Crippen LogP contribution in [0.5, 0.6) is 0 Å². The molecule has 0 spiro atoms. The lowest BCUT2D eigenvalue weighted by Crippen LogP contribution is -2.18. The standard InChI is InChI=1S/C13H4Cl4F3N7/c14-7-21-8(15)24-11(23-7)27(12-25-9(16)22-10(17)26-12)6-3-1-2-5(4-6)13(18,19)20/h1-4H. The van der Waals surface area contributed by atoms with Gasteiger partial charge in [0, 0.05) is 0 Å². The second-order valence-electron chi connectivity index (χ2n) is 4.73. The minimum Gasteiger partial charge on any atom is -0.246 e. The molecule has 0 aliphatic heterocycles. The summed E-state index contributed by atoms with van der Waals surface area (Å²) in [6.45, 7) is 0. The number of alkyl halides is 3. The number of hydrogen-bond acceptors (Lipinski definition) is 7. The Morgan fingerprint density at radius 2 is 1.15 bits per heavy atom. The summed E-state index contributed by atoms with van der Waals surface area (Å²) in [5.74, 6) is -0.504. The third-order valence-corrected chi connectivity index (χ3v) is 3.65. The second kappa shape index (κ2) is 7.55. The lowest BCUT2D eigenvalue weighted by atomic mass is 10.2. The van der Waals surface area contributed by atoms with Crippen molar-refractivity contribution in [3.8, 4) is 0 Å². The fourth-order valence-corrected chi connectivity index (χ4v) is 2.68. The Bertz CT molecular complexity index is 910. The number of nitrogens with zero attached hydrogens (tertiary/aromatic N) is 7. The molecule has 27 heavy (non-hydrogen) atoms. The van der Waals surface area contributed by atoms with Crippen LogP contribution in [0.15, 0.2) is 24.3 Å². The second-order valence-corrected chi connectivity index (χ2v) is 6.08. The fourth-order valence-electron chi connectivity index (χ4n) is 1.97. The van der Waals surface area contributed by atoms with Crippen LogP contribution < -0.4 is 4.90 Å². The highest BCUT2D eigenvalue weighted by Gasteiger charge is 2.32. The zero-order chi connectivity index (χ0) is 19.8. The number of halogens is 7. The van der Waals surface area contributed by atoms with Crippen molar-refractivity contribution in [1.82, 2.24) is 29.9 Å². The summed E-state index contributed by atoms with van der Waals surface area (Å²) in [7, 11) is 0. The van der Waals surface area contributed by atoms with Crippen molar-refractivity contribution in [3.63, 3.8) is 0 Å². The van der Waals surface area contributed by atoms with Gasteiger partial charge in [-0.05, 0) is 64.6 Å². The van der Waals surface area contributed by atoms with Crippen molar-refractivity contribution in [1.29, 1.82) is 0 Å². The molecule has 3 aromatic rings. The van der Waals surface area contributed by atoms with Gasteiger partial charge < -0.3 is 0 Å². The number of aromatic nitrogens is 6. The molecule has 1 aromatic carbocycles. The number of rotatable bonds is 3. The van der Waals surface area contributed by atoms with Gasteiger partial charge in [-0.2, -0.15) is 43.1 Å². The van der Waals surface area contributed by atoms with Crippen molar-refractivity contribution in [3.05, 3.63) is 51.0 Å². The first-order chi connectivity index (χ1) is 12.6. The van der Waals surface area contributed by atoms with Crippen LogP contribution in [0.3, 0.4) is 0 Å². The van der Waals surface area contributed by atoms with E-state index in [0.717, 1.165) is 17.0 Å². The van der Waals surface area contributed by atoms with E-state index in [-0.39, 0.29) is 38.7 Å². The summed E-state index contributed by atoms with van der Waals surface area (Å²) in [4.78, 5) is 23.6. The molecule has 0 saturated carbocycles. The normalized spacial score (nSPS) is 11.5. The van der Waals surface area contributed by atoms with E-state index in [1.165, 1.54) is 12.1 Å². The molecule has 0 N–H and O–H groups in total. The van der Waals surface area contributed by atoms with E-state index in [2.05, 4.69) is 29.9 Å². The largest absolute Gasteiger partial charge is 0.416 e. The molecule has 0 bridgehead atoms. The maximum atomic E-state index is 13.1. The maximum Gasteiger partial charge on any atom is 0.416 e. The Kier molecular flexibility index (Phi) is 5.52. The first kappa shape index (κ1) is 19.7. The predicted octanol–water partition coefficient (Wildman–Crippen LogP) is 5.16. The highest BCUT2D eigenvalue weighted by Crippen LogP contribution is 2.36. The molecule has 0 aliphatic carbocycles. The molecular formula is C13H4Cl4F3N7. The monoisotopic (exact) mass is 455 g/mol. The van der Waals surface area contributed by atoms with Crippen molar-refractivity contribution in [2.75, 3.05) is 4.90 Å². The Morgan fingerprint density at radius 3 is 1.56 bits per heavy atom. The van der Waals surface area contributed by atoms with Gasteiger partial charge in [0.25, 0.3) is 0 Å². The van der Waals surface area contributed by atoms with E-state index in [0.29, 0.717) is 0 Å². The van der Waals surface area contributed by atoms with Crippen LogP contribution in [0, 0.1) is 0 Å². The molecule has 0 radical (unpaired) electrons. The Balaban J connectivity index is 2.25. The third-order valence-electron chi connectivity index (χ3n) is 2.97. The molecule has 0 aliphatic rings. The van der Waals surface area contributed by atoms with Crippen LogP contribution >= 0.6 is 46.4 Å². The summed E-state index contributed by atoms with van der Waals surface area (Å²) in [5, 5.41) is -1.19. The fraction of sp³-hybridized carbons (Fsp3) is 0.0769. The highest BCUT2D eigenvalue weighted by atomic mass is 35.5. The van der Waals surface area contributed by atoms with E-state index in [9.17, 15) is 13.2 Å². The Hall–Kier alpha value is -2.01. The first-order valence-corrected chi connectivity index (χ1v) is 8.26. The van der Waals surface area contributed by atoms with Gasteiger partial charge in [-0.25, -0.2) is 4.90 Å². The van der Waals surface area contributed by atoms with Crippen molar-refractivity contribution >= 4 is 64.0 Å². The summed E-state index contributed by atoms with van der Waals surface area (Å²) in [5.41, 5.74) is -0.982. The predicted molar refractivity (Wildman–Crippen MR) is 92.9 cm³/mol. The molecule has 0 unspecified atom stereocenters. The van der Waals surface area contributed by atoms with Crippen LogP contribution in [0.4, 0.5) is 30.8 Å². The van der Waals surface area contributed by atoms with E-state index in [4.69, 9.17) is 46.4 Å². The van der Waals surface area contributed by atoms with E-state index >= 15 is 0 Å². The zero-order valence-corrected chi connectivity index (χ0v) is 15.6. The SMILES string of the molecule is FC(F)(F)c1cccc(N(c2nc(Cl)nc(Cl)n2)c2nc(Cl)nc(Cl)n2)c1. The van der Waals surface area contributed by atoms with Gasteiger partial charge >= 0.3 is 6.18 Å². The number of benzene rings is 1. The van der Waals surface area contributed by atoms with Gasteiger partial charge in [0.1, 0.15) is 0 Å². The Morgan fingerprint density at radius 1 is 0.704 bits per heavy atom. The minimum atomic E-state index is -4.59. The van der Waals surface area contributed by atoms with Crippen LogP contribution in [0.1, 0.15) is 5.56 Å². The molecule has 14 heteroatoms. The molecule has 7 nitrogen and oxygen atoms in total. The summed E-state index contributed by atoms with van der Waals surface area (Å²) >= 11 is 23.1. The highest BCUT2D eigenvalue weighted by molar-refractivity contribution is 6.31. The molecule has 0 fully saturated rings. The zero-order valence-electron chi connectivity index (χ0n) is 12.6. The minimum absolute atomic E-state index is 0.0542. The van der Waals surface area contributed by atoms with Gasteiger partial charge in [0.2, 0.25) is 33.0 Å².